The van der Waals surface area contributed by atoms with Crippen LogP contribution in [0, 0.1) is 11.8 Å². The van der Waals surface area contributed by atoms with Gasteiger partial charge in [0.1, 0.15) is 18.0 Å². The van der Waals surface area contributed by atoms with Crippen molar-refractivity contribution >= 4 is 17.7 Å². The van der Waals surface area contributed by atoms with E-state index in [0.29, 0.717) is 12.0 Å². The molecule has 0 aromatic heterocycles. The molecule has 1 saturated carbocycles. The van der Waals surface area contributed by atoms with Crippen LogP contribution in [-0.2, 0) is 25.2 Å². The molecule has 2 aromatic carbocycles. The van der Waals surface area contributed by atoms with Crippen LogP contribution in [0.5, 0.6) is 5.75 Å². The Morgan fingerprint density at radius 2 is 1.85 bits per heavy atom. The van der Waals surface area contributed by atoms with E-state index in [0.717, 1.165) is 12.1 Å². The third-order valence-corrected chi connectivity index (χ3v) is 5.87. The van der Waals surface area contributed by atoms with E-state index >= 15 is 0 Å². The topological polar surface area (TPSA) is 78.9 Å². The van der Waals surface area contributed by atoms with Gasteiger partial charge >= 0.3 is 18.1 Å². The molecule has 1 aliphatic carbocycles. The first-order valence-electron chi connectivity index (χ1n) is 10.7. The Balaban J connectivity index is 1.40. The number of esters is 2. The largest absolute Gasteiger partial charge is 0.485 e. The first-order valence-corrected chi connectivity index (χ1v) is 10.7. The molecule has 9 heteroatoms. The minimum Gasteiger partial charge on any atom is -0.485 e. The van der Waals surface area contributed by atoms with Crippen molar-refractivity contribution < 1.29 is 41.8 Å². The summed E-state index contributed by atoms with van der Waals surface area (Å²) in [5.74, 6) is -2.10. The van der Waals surface area contributed by atoms with Crippen LogP contribution in [0.2, 0.25) is 0 Å². The third kappa shape index (κ3) is 5.47. The summed E-state index contributed by atoms with van der Waals surface area (Å²) >= 11 is 0. The molecule has 0 spiro atoms. The van der Waals surface area contributed by atoms with Crippen LogP contribution in [0.25, 0.3) is 0 Å². The third-order valence-electron chi connectivity index (χ3n) is 5.87. The van der Waals surface area contributed by atoms with E-state index < -0.39 is 48.2 Å². The molecule has 2 fully saturated rings. The average Bonchev–Trinajstić information content (AvgIpc) is 3.31. The van der Waals surface area contributed by atoms with Crippen molar-refractivity contribution in [3.63, 3.8) is 0 Å². The van der Waals surface area contributed by atoms with E-state index in [9.17, 15) is 27.6 Å². The van der Waals surface area contributed by atoms with E-state index in [2.05, 4.69) is 0 Å². The number of rotatable bonds is 7. The average molecular weight is 474 g/mol. The summed E-state index contributed by atoms with van der Waals surface area (Å²) in [6, 6.07) is 12.7. The predicted octanol–water partition coefficient (Wildman–Crippen LogP) is 4.39. The van der Waals surface area contributed by atoms with Gasteiger partial charge in [-0.15, -0.1) is 0 Å². The van der Waals surface area contributed by atoms with Gasteiger partial charge in [-0.25, -0.2) is 4.79 Å². The molecule has 2 aromatic rings. The van der Waals surface area contributed by atoms with Gasteiger partial charge in [-0.05, 0) is 36.4 Å². The number of fused-ring (bicyclic) bond motifs is 1. The quantitative estimate of drug-likeness (QED) is 0.438. The van der Waals surface area contributed by atoms with Gasteiger partial charge in [-0.1, -0.05) is 30.3 Å². The van der Waals surface area contributed by atoms with Crippen LogP contribution in [0.15, 0.2) is 66.7 Å². The van der Waals surface area contributed by atoms with Crippen LogP contribution in [-0.4, -0.2) is 36.5 Å². The summed E-state index contributed by atoms with van der Waals surface area (Å²) in [7, 11) is 0. The number of alkyl halides is 3. The molecule has 4 atom stereocenters. The van der Waals surface area contributed by atoms with Crippen molar-refractivity contribution in [3.05, 3.63) is 77.9 Å². The smallest absolute Gasteiger partial charge is 0.416 e. The lowest BCUT2D eigenvalue weighted by atomic mass is 9.91. The number of hydrogen-bond donors (Lipinski definition) is 0. The number of carbonyl (C=O) groups excluding carboxylic acids is 3. The molecule has 0 unspecified atom stereocenters. The number of ketones is 1. The SMILES string of the molecule is O=C(C=C[C@@H]1[C@H]2CC(=O)O[C@H]2C[C@H]1OC(=O)c1ccccc1)COc1cccc(C(F)(F)F)c1. The molecule has 1 heterocycles. The maximum Gasteiger partial charge on any atom is 0.416 e. The zero-order valence-electron chi connectivity index (χ0n) is 17.9. The summed E-state index contributed by atoms with van der Waals surface area (Å²) in [5.41, 5.74) is -0.496. The van der Waals surface area contributed by atoms with Gasteiger partial charge in [0.15, 0.2) is 12.4 Å². The molecule has 6 nitrogen and oxygen atoms in total. The fourth-order valence-electron chi connectivity index (χ4n) is 4.25. The Morgan fingerprint density at radius 1 is 1.09 bits per heavy atom. The zero-order valence-corrected chi connectivity index (χ0v) is 17.9. The molecule has 4 rings (SSSR count). The minimum atomic E-state index is -4.52. The highest BCUT2D eigenvalue weighted by Crippen LogP contribution is 2.43. The lowest BCUT2D eigenvalue weighted by molar-refractivity contribution is -0.142. The van der Waals surface area contributed by atoms with Crippen molar-refractivity contribution in [2.24, 2.45) is 11.8 Å². The number of benzene rings is 2. The van der Waals surface area contributed by atoms with Crippen LogP contribution < -0.4 is 4.74 Å². The van der Waals surface area contributed by atoms with Gasteiger partial charge in [0, 0.05) is 18.3 Å². The second kappa shape index (κ2) is 9.70. The highest BCUT2D eigenvalue weighted by Gasteiger charge is 2.50. The molecule has 178 valence electrons. The Hall–Kier alpha value is -3.62. The molecule has 0 radical (unpaired) electrons. The lowest BCUT2D eigenvalue weighted by Gasteiger charge is -2.20. The predicted molar refractivity (Wildman–Crippen MR) is 113 cm³/mol. The lowest BCUT2D eigenvalue weighted by Crippen LogP contribution is -2.25. The molecular weight excluding hydrogens is 453 g/mol. The molecule has 34 heavy (non-hydrogen) atoms. The van der Waals surface area contributed by atoms with Crippen molar-refractivity contribution in [3.8, 4) is 5.75 Å². The molecule has 2 aliphatic rings. The second-order valence-electron chi connectivity index (χ2n) is 8.16. The van der Waals surface area contributed by atoms with Gasteiger partial charge in [-0.2, -0.15) is 13.2 Å². The van der Waals surface area contributed by atoms with Crippen molar-refractivity contribution in [2.75, 3.05) is 6.61 Å². The molecule has 0 bridgehead atoms. The number of ether oxygens (including phenoxy) is 3. The van der Waals surface area contributed by atoms with E-state index in [1.165, 1.54) is 18.2 Å². The van der Waals surface area contributed by atoms with E-state index in [4.69, 9.17) is 14.2 Å². The molecule has 1 aliphatic heterocycles. The zero-order chi connectivity index (χ0) is 24.3. The van der Waals surface area contributed by atoms with Gasteiger partial charge in [0.25, 0.3) is 0 Å². The van der Waals surface area contributed by atoms with E-state index in [1.54, 1.807) is 36.4 Å². The maximum atomic E-state index is 12.8. The first-order chi connectivity index (χ1) is 16.2. The highest BCUT2D eigenvalue weighted by molar-refractivity contribution is 5.91. The second-order valence-corrected chi connectivity index (χ2v) is 8.16. The van der Waals surface area contributed by atoms with Crippen LogP contribution in [0.3, 0.4) is 0 Å². The van der Waals surface area contributed by atoms with Gasteiger partial charge in [0.2, 0.25) is 0 Å². The minimum absolute atomic E-state index is 0.0815. The van der Waals surface area contributed by atoms with Crippen molar-refractivity contribution in [1.82, 2.24) is 0 Å². The van der Waals surface area contributed by atoms with Crippen molar-refractivity contribution in [2.45, 2.75) is 31.2 Å². The Kier molecular flexibility index (Phi) is 6.72. The van der Waals surface area contributed by atoms with Crippen LogP contribution in [0.4, 0.5) is 13.2 Å². The molecule has 0 amide bonds. The fourth-order valence-corrected chi connectivity index (χ4v) is 4.25. The molecule has 0 N–H and O–H groups in total. The Bertz CT molecular complexity index is 1100. The Morgan fingerprint density at radius 3 is 2.59 bits per heavy atom. The number of hydrogen-bond acceptors (Lipinski definition) is 6. The summed E-state index contributed by atoms with van der Waals surface area (Å²) in [4.78, 5) is 36.6. The summed E-state index contributed by atoms with van der Waals surface area (Å²) in [6.07, 6.45) is -2.25. The van der Waals surface area contributed by atoms with Crippen LogP contribution in [0.1, 0.15) is 28.8 Å². The summed E-state index contributed by atoms with van der Waals surface area (Å²) in [5, 5.41) is 0. The normalized spacial score (nSPS) is 24.0. The van der Waals surface area contributed by atoms with Crippen LogP contribution >= 0.6 is 0 Å². The van der Waals surface area contributed by atoms with Crippen molar-refractivity contribution in [1.29, 1.82) is 0 Å². The maximum absolute atomic E-state index is 12.8. The van der Waals surface area contributed by atoms with Gasteiger partial charge in [0.05, 0.1) is 17.5 Å². The summed E-state index contributed by atoms with van der Waals surface area (Å²) in [6.45, 7) is -0.470. The fraction of sp³-hybridized carbons (Fsp3) is 0.320. The monoisotopic (exact) mass is 474 g/mol. The van der Waals surface area contributed by atoms with E-state index in [1.807, 2.05) is 0 Å². The number of halogens is 3. The number of carbonyl (C=O) groups is 3. The first kappa shape index (κ1) is 23.5. The summed E-state index contributed by atoms with van der Waals surface area (Å²) < 4.78 is 54.7. The van der Waals surface area contributed by atoms with Gasteiger partial charge in [-0.3, -0.25) is 9.59 Å². The standard InChI is InChI=1S/C25H21F3O6/c26-25(27,28)16-7-4-8-18(11-16)32-14-17(29)9-10-19-20-12-23(30)33-22(20)13-21(19)34-24(31)15-5-2-1-3-6-15/h1-11,19-22H,12-14H2/t19-,20-,21-,22+/m1/s1. The molecule has 1 saturated heterocycles. The van der Waals surface area contributed by atoms with E-state index in [-0.39, 0.29) is 24.1 Å². The van der Waals surface area contributed by atoms with Gasteiger partial charge < -0.3 is 14.2 Å². The Labute approximate surface area is 193 Å². The highest BCUT2D eigenvalue weighted by atomic mass is 19.4. The molecular formula is C25H21F3O6.